The minimum absolute atomic E-state index is 0.132. The van der Waals surface area contributed by atoms with E-state index in [0.717, 1.165) is 57.8 Å². The second-order valence-corrected chi connectivity index (χ2v) is 8.75. The van der Waals surface area contributed by atoms with Crippen molar-refractivity contribution in [3.8, 4) is 0 Å². The highest BCUT2D eigenvalue weighted by Gasteiger charge is 2.22. The van der Waals surface area contributed by atoms with Gasteiger partial charge in [-0.3, -0.25) is 14.4 Å². The van der Waals surface area contributed by atoms with Crippen LogP contribution in [-0.2, 0) is 23.9 Å². The smallest absolute Gasteiger partial charge is 0.306 e. The van der Waals surface area contributed by atoms with Gasteiger partial charge < -0.3 is 25.6 Å². The van der Waals surface area contributed by atoms with Gasteiger partial charge in [0.1, 0.15) is 12.7 Å². The van der Waals surface area contributed by atoms with Crippen LogP contribution >= 0.6 is 0 Å². The number of likely N-dealkylation sites (N-methyl/N-ethyl adjacent to an activating group) is 1. The summed E-state index contributed by atoms with van der Waals surface area (Å²) >= 11 is 0. The molecule has 0 aliphatic heterocycles. The first-order valence-corrected chi connectivity index (χ1v) is 13.0. The van der Waals surface area contributed by atoms with Gasteiger partial charge in [0, 0.05) is 25.8 Å². The maximum absolute atomic E-state index is 12.3. The molecule has 0 aliphatic carbocycles. The van der Waals surface area contributed by atoms with E-state index < -0.39 is 12.2 Å². The predicted molar refractivity (Wildman–Crippen MR) is 134 cm³/mol. The highest BCUT2D eigenvalue weighted by molar-refractivity contribution is 5.73. The number of unbranched alkanes of at least 4 members (excludes halogenated alkanes) is 7. The molecule has 0 bridgehead atoms. The van der Waals surface area contributed by atoms with Gasteiger partial charge in [-0.1, -0.05) is 51.2 Å². The first kappa shape index (κ1) is 32.1. The quantitative estimate of drug-likeness (QED) is 0.114. The molecule has 8 heteroatoms. The summed E-state index contributed by atoms with van der Waals surface area (Å²) in [6.45, 7) is 3.02. The van der Waals surface area contributed by atoms with Crippen LogP contribution in [0.2, 0.25) is 0 Å². The molecule has 8 nitrogen and oxygen atoms in total. The molecule has 4 N–H and O–H groups in total. The number of ether oxygens (including phenoxy) is 2. The Kier molecular flexibility index (Phi) is 21.5. The number of primary amides is 1. The van der Waals surface area contributed by atoms with Crippen molar-refractivity contribution in [1.82, 2.24) is 5.32 Å². The second-order valence-electron chi connectivity index (χ2n) is 8.75. The van der Waals surface area contributed by atoms with Crippen molar-refractivity contribution < 1.29 is 29.0 Å². The predicted octanol–water partition coefficient (Wildman–Crippen LogP) is 3.93. The Balaban J connectivity index is 4.21. The lowest BCUT2D eigenvalue weighted by atomic mass is 10.0. The van der Waals surface area contributed by atoms with Gasteiger partial charge in [0.05, 0.1) is 6.10 Å². The largest absolute Gasteiger partial charge is 0.464 e. The summed E-state index contributed by atoms with van der Waals surface area (Å²) in [5.74, 6) is -0.942. The summed E-state index contributed by atoms with van der Waals surface area (Å²) in [5.41, 5.74) is 5.13. The lowest BCUT2D eigenvalue weighted by Gasteiger charge is -2.22. The van der Waals surface area contributed by atoms with Crippen LogP contribution in [0.1, 0.15) is 103 Å². The highest BCUT2D eigenvalue weighted by Crippen LogP contribution is 2.16. The van der Waals surface area contributed by atoms with Crippen molar-refractivity contribution in [2.75, 3.05) is 20.2 Å². The number of carbonyl (C=O) groups is 3. The Morgan fingerprint density at radius 3 is 2.32 bits per heavy atom. The maximum atomic E-state index is 12.3. The van der Waals surface area contributed by atoms with E-state index in [1.165, 1.54) is 0 Å². The number of aliphatic hydroxyl groups is 1. The van der Waals surface area contributed by atoms with Crippen LogP contribution in [-0.4, -0.2) is 55.4 Å². The second kappa shape index (κ2) is 22.8. The van der Waals surface area contributed by atoms with Gasteiger partial charge >= 0.3 is 11.9 Å². The number of nitrogens with one attached hydrogen (secondary N) is 1. The van der Waals surface area contributed by atoms with Gasteiger partial charge in [-0.05, 0) is 52.0 Å². The summed E-state index contributed by atoms with van der Waals surface area (Å²) in [7, 11) is 1.78. The molecule has 0 aromatic heterocycles. The molecule has 1 amide bonds. The molecule has 0 rings (SSSR count). The number of hydrogen-bond donors (Lipinski definition) is 3. The number of aliphatic hydroxyl groups excluding tert-OH is 1. The molecule has 0 radical (unpaired) electrons. The number of amides is 1. The zero-order valence-electron chi connectivity index (χ0n) is 21.4. The average molecular weight is 485 g/mol. The fourth-order valence-electron chi connectivity index (χ4n) is 3.47. The molecule has 34 heavy (non-hydrogen) atoms. The molecule has 0 fully saturated rings. The molecular formula is C26H48N2O6. The lowest BCUT2D eigenvalue weighted by molar-refractivity contribution is -0.156. The molecular weight excluding hydrogens is 436 g/mol. The molecule has 0 heterocycles. The summed E-state index contributed by atoms with van der Waals surface area (Å²) in [6, 6.07) is 0. The summed E-state index contributed by atoms with van der Waals surface area (Å²) in [6.07, 6.45) is 14.0. The Morgan fingerprint density at radius 1 is 0.912 bits per heavy atom. The van der Waals surface area contributed by atoms with Crippen LogP contribution in [0.5, 0.6) is 0 Å². The molecule has 0 aliphatic rings. The van der Waals surface area contributed by atoms with Crippen LogP contribution in [0.15, 0.2) is 12.2 Å². The van der Waals surface area contributed by atoms with Crippen molar-refractivity contribution in [3.05, 3.63) is 12.2 Å². The normalized spacial score (nSPS) is 13.0. The average Bonchev–Trinajstić information content (AvgIpc) is 2.79. The summed E-state index contributed by atoms with van der Waals surface area (Å²) in [4.78, 5) is 34.6. The van der Waals surface area contributed by atoms with E-state index in [0.29, 0.717) is 38.8 Å². The fourth-order valence-corrected chi connectivity index (χ4v) is 3.47. The van der Waals surface area contributed by atoms with Crippen molar-refractivity contribution in [3.63, 3.8) is 0 Å². The van der Waals surface area contributed by atoms with Crippen molar-refractivity contribution in [1.29, 1.82) is 0 Å². The lowest BCUT2D eigenvalue weighted by Crippen LogP contribution is -2.31. The number of esters is 2. The molecule has 2 atom stereocenters. The Morgan fingerprint density at radius 2 is 1.62 bits per heavy atom. The van der Waals surface area contributed by atoms with Crippen LogP contribution in [0, 0.1) is 0 Å². The molecule has 0 spiro atoms. The summed E-state index contributed by atoms with van der Waals surface area (Å²) in [5, 5.41) is 13.5. The topological polar surface area (TPSA) is 128 Å². The standard InChI is InChI=1S/C26H48N2O6/c1-3-4-11-16-23(34-26(32)19-14-18-25(31)33-21-20-28-2)22(29)15-12-9-7-5-6-8-10-13-17-24(27)30/h9,12,22-23,28-29H,3-8,10-11,13-21H2,1-2H3,(H2,27,30)/b12-9-. The third-order valence-electron chi connectivity index (χ3n) is 5.52. The Hall–Kier alpha value is -1.93. The van der Waals surface area contributed by atoms with Gasteiger partial charge in [-0.25, -0.2) is 0 Å². The third-order valence-corrected chi connectivity index (χ3v) is 5.52. The maximum Gasteiger partial charge on any atom is 0.306 e. The van der Waals surface area contributed by atoms with E-state index in [9.17, 15) is 19.5 Å². The molecule has 0 saturated heterocycles. The Bertz CT molecular complexity index is 567. The number of nitrogens with two attached hydrogens (primary N) is 1. The van der Waals surface area contributed by atoms with Crippen LogP contribution < -0.4 is 11.1 Å². The van der Waals surface area contributed by atoms with E-state index in [2.05, 4.69) is 18.3 Å². The van der Waals surface area contributed by atoms with E-state index >= 15 is 0 Å². The van der Waals surface area contributed by atoms with Gasteiger partial charge in [-0.2, -0.15) is 0 Å². The molecule has 0 saturated carbocycles. The van der Waals surface area contributed by atoms with E-state index in [1.807, 2.05) is 6.08 Å². The molecule has 0 aromatic rings. The van der Waals surface area contributed by atoms with E-state index in [-0.39, 0.29) is 30.7 Å². The van der Waals surface area contributed by atoms with E-state index in [4.69, 9.17) is 15.2 Å². The first-order valence-electron chi connectivity index (χ1n) is 13.0. The van der Waals surface area contributed by atoms with Crippen LogP contribution in [0.4, 0.5) is 0 Å². The van der Waals surface area contributed by atoms with Gasteiger partial charge in [0.25, 0.3) is 0 Å². The van der Waals surface area contributed by atoms with E-state index in [1.54, 1.807) is 7.05 Å². The zero-order chi connectivity index (χ0) is 25.4. The monoisotopic (exact) mass is 484 g/mol. The van der Waals surface area contributed by atoms with Gasteiger partial charge in [0.2, 0.25) is 5.91 Å². The third kappa shape index (κ3) is 20.7. The SMILES string of the molecule is CCCCCC(OC(=O)CCCC(=O)OCCNC)C(O)C/C=C\CCCCCCCC(N)=O. The highest BCUT2D eigenvalue weighted by atomic mass is 16.6. The van der Waals surface area contributed by atoms with Crippen molar-refractivity contribution in [2.45, 2.75) is 115 Å². The fraction of sp³-hybridized carbons (Fsp3) is 0.808. The zero-order valence-corrected chi connectivity index (χ0v) is 21.4. The first-order chi connectivity index (χ1) is 16.4. The number of allylic oxidation sites excluding steroid dienone is 1. The van der Waals surface area contributed by atoms with Crippen LogP contribution in [0.25, 0.3) is 0 Å². The van der Waals surface area contributed by atoms with Gasteiger partial charge in [0.15, 0.2) is 0 Å². The van der Waals surface area contributed by atoms with Gasteiger partial charge in [-0.15, -0.1) is 0 Å². The number of carbonyl (C=O) groups excluding carboxylic acids is 3. The minimum atomic E-state index is -0.739. The summed E-state index contributed by atoms with van der Waals surface area (Å²) < 4.78 is 10.6. The van der Waals surface area contributed by atoms with Crippen molar-refractivity contribution in [2.24, 2.45) is 5.73 Å². The molecule has 198 valence electrons. The van der Waals surface area contributed by atoms with Crippen molar-refractivity contribution >= 4 is 17.8 Å². The minimum Gasteiger partial charge on any atom is -0.464 e. The molecule has 2 unspecified atom stereocenters. The Labute approximate surface area is 206 Å². The number of rotatable bonds is 23. The number of hydrogen-bond acceptors (Lipinski definition) is 7. The molecule has 0 aromatic carbocycles. The van der Waals surface area contributed by atoms with Crippen LogP contribution in [0.3, 0.4) is 0 Å².